The molecule has 1 aromatic rings. The highest BCUT2D eigenvalue weighted by atomic mass is 16.5. The number of ether oxygens (including phenoxy) is 1. The highest BCUT2D eigenvalue weighted by Gasteiger charge is 2.21. The molecule has 0 amide bonds. The van der Waals surface area contributed by atoms with Gasteiger partial charge < -0.3 is 14.4 Å². The van der Waals surface area contributed by atoms with E-state index in [1.165, 1.54) is 0 Å². The molecule has 5 heteroatoms. The molecule has 0 spiro atoms. The molecule has 0 saturated carbocycles. The van der Waals surface area contributed by atoms with Crippen LogP contribution in [-0.2, 0) is 24.9 Å². The number of aliphatic hydroxyl groups excluding tert-OH is 1. The lowest BCUT2D eigenvalue weighted by Gasteiger charge is -2.27. The third kappa shape index (κ3) is 2.78. The van der Waals surface area contributed by atoms with Crippen LogP contribution >= 0.6 is 0 Å². The summed E-state index contributed by atoms with van der Waals surface area (Å²) in [6.45, 7) is 5.82. The highest BCUT2D eigenvalue weighted by molar-refractivity contribution is 5.60. The molecule has 20 heavy (non-hydrogen) atoms. The minimum absolute atomic E-state index is 0.103. The molecule has 0 atom stereocenters. The monoisotopic (exact) mass is 275 g/mol. The van der Waals surface area contributed by atoms with E-state index < -0.39 is 0 Å². The Balaban J connectivity index is 2.38. The molecule has 1 fully saturated rings. The molecule has 2 rings (SSSR count). The van der Waals surface area contributed by atoms with Crippen molar-refractivity contribution in [1.29, 1.82) is 5.26 Å². The lowest BCUT2D eigenvalue weighted by molar-refractivity contribution is 0.0330. The average Bonchev–Trinajstić information content (AvgIpc) is 2.73. The molecule has 0 aliphatic carbocycles. The number of hydrogen-bond donors (Lipinski definition) is 1. The minimum Gasteiger partial charge on any atom is -0.392 e. The number of nitriles is 1. The van der Waals surface area contributed by atoms with Crippen molar-refractivity contribution in [1.82, 2.24) is 9.47 Å². The van der Waals surface area contributed by atoms with Gasteiger partial charge >= 0.3 is 0 Å². The molecule has 1 aromatic heterocycles. The summed E-state index contributed by atoms with van der Waals surface area (Å²) in [5.41, 5.74) is 3.20. The largest absolute Gasteiger partial charge is 0.392 e. The van der Waals surface area contributed by atoms with Crippen LogP contribution in [0.15, 0.2) is 6.08 Å². The molecule has 0 unspecified atom stereocenters. The van der Waals surface area contributed by atoms with Crippen molar-refractivity contribution < 1.29 is 9.84 Å². The summed E-state index contributed by atoms with van der Waals surface area (Å²) in [6.07, 6.45) is 3.83. The third-order valence-corrected chi connectivity index (χ3v) is 3.74. The second-order valence-corrected chi connectivity index (χ2v) is 4.90. The maximum absolute atomic E-state index is 9.63. The Labute approximate surface area is 119 Å². The topological polar surface area (TPSA) is 61.4 Å². The van der Waals surface area contributed by atoms with Gasteiger partial charge in [0.1, 0.15) is 6.07 Å². The van der Waals surface area contributed by atoms with Crippen molar-refractivity contribution in [3.8, 4) is 6.07 Å². The van der Waals surface area contributed by atoms with Gasteiger partial charge in [0.25, 0.3) is 0 Å². The quantitative estimate of drug-likeness (QED) is 0.898. The van der Waals surface area contributed by atoms with Gasteiger partial charge in [0.15, 0.2) is 0 Å². The lowest BCUT2D eigenvalue weighted by atomic mass is 10.1. The van der Waals surface area contributed by atoms with Gasteiger partial charge in [-0.25, -0.2) is 0 Å². The van der Waals surface area contributed by atoms with Crippen molar-refractivity contribution in [2.45, 2.75) is 20.1 Å². The molecular weight excluding hydrogens is 254 g/mol. The maximum Gasteiger partial charge on any atom is 0.102 e. The van der Waals surface area contributed by atoms with E-state index in [4.69, 9.17) is 4.74 Å². The SMILES string of the molecule is C/C=C\c1c(C#N)c(CO)c(CN2CCOCC2)n1C. The fourth-order valence-corrected chi connectivity index (χ4v) is 2.64. The van der Waals surface area contributed by atoms with Gasteiger partial charge in [-0.1, -0.05) is 6.08 Å². The molecule has 0 radical (unpaired) electrons. The Bertz CT molecular complexity index is 534. The summed E-state index contributed by atoms with van der Waals surface area (Å²) in [4.78, 5) is 2.29. The first-order valence-corrected chi connectivity index (χ1v) is 6.87. The van der Waals surface area contributed by atoms with Crippen molar-refractivity contribution in [3.63, 3.8) is 0 Å². The molecular formula is C15H21N3O2. The first kappa shape index (κ1) is 14.8. The van der Waals surface area contributed by atoms with Crippen molar-refractivity contribution in [2.24, 2.45) is 7.05 Å². The number of morpholine rings is 1. The summed E-state index contributed by atoms with van der Waals surface area (Å²) in [5, 5.41) is 19.0. The molecule has 1 N–H and O–H groups in total. The first-order chi connectivity index (χ1) is 9.72. The minimum atomic E-state index is -0.103. The van der Waals surface area contributed by atoms with Gasteiger partial charge in [-0.15, -0.1) is 0 Å². The molecule has 0 aromatic carbocycles. The second-order valence-electron chi connectivity index (χ2n) is 4.90. The predicted octanol–water partition coefficient (Wildman–Crippen LogP) is 1.25. The van der Waals surface area contributed by atoms with Gasteiger partial charge in [-0.2, -0.15) is 5.26 Å². The second kappa shape index (κ2) is 6.71. The molecule has 2 heterocycles. The number of aromatic nitrogens is 1. The Kier molecular flexibility index (Phi) is 4.96. The van der Waals surface area contributed by atoms with Crippen LogP contribution in [0.5, 0.6) is 0 Å². The fraction of sp³-hybridized carbons (Fsp3) is 0.533. The Morgan fingerprint density at radius 3 is 2.65 bits per heavy atom. The Morgan fingerprint density at radius 2 is 2.10 bits per heavy atom. The summed E-state index contributed by atoms with van der Waals surface area (Å²) >= 11 is 0. The summed E-state index contributed by atoms with van der Waals surface area (Å²) in [7, 11) is 1.95. The van der Waals surface area contributed by atoms with Gasteiger partial charge in [-0.05, 0) is 13.0 Å². The molecule has 1 saturated heterocycles. The molecule has 1 aliphatic rings. The van der Waals surface area contributed by atoms with E-state index in [1.54, 1.807) is 0 Å². The zero-order valence-electron chi connectivity index (χ0n) is 12.1. The zero-order valence-corrected chi connectivity index (χ0v) is 12.1. The van der Waals surface area contributed by atoms with Crippen LogP contribution in [0.3, 0.4) is 0 Å². The van der Waals surface area contributed by atoms with E-state index in [9.17, 15) is 10.4 Å². The van der Waals surface area contributed by atoms with Gasteiger partial charge in [0.2, 0.25) is 0 Å². The maximum atomic E-state index is 9.63. The molecule has 5 nitrogen and oxygen atoms in total. The summed E-state index contributed by atoms with van der Waals surface area (Å²) in [5.74, 6) is 0. The van der Waals surface area contributed by atoms with E-state index >= 15 is 0 Å². The van der Waals surface area contributed by atoms with E-state index in [0.29, 0.717) is 5.56 Å². The zero-order chi connectivity index (χ0) is 14.5. The van der Waals surface area contributed by atoms with Gasteiger partial charge in [0, 0.05) is 37.9 Å². The number of nitrogens with zero attached hydrogens (tertiary/aromatic N) is 3. The molecule has 0 bridgehead atoms. The third-order valence-electron chi connectivity index (χ3n) is 3.74. The van der Waals surface area contributed by atoms with E-state index in [1.807, 2.05) is 30.7 Å². The standard InChI is InChI=1S/C15H21N3O2/c1-3-4-14-12(9-16)13(11-19)15(17(14)2)10-18-5-7-20-8-6-18/h3-4,19H,5-8,10-11H2,1-2H3/b4-3-. The first-order valence-electron chi connectivity index (χ1n) is 6.87. The highest BCUT2D eigenvalue weighted by Crippen LogP contribution is 2.24. The van der Waals surface area contributed by atoms with Crippen molar-refractivity contribution in [2.75, 3.05) is 26.3 Å². The normalized spacial score (nSPS) is 16.7. The molecule has 1 aliphatic heterocycles. The van der Waals surface area contributed by atoms with Crippen LogP contribution in [0.4, 0.5) is 0 Å². The number of rotatable bonds is 4. The summed E-state index contributed by atoms with van der Waals surface area (Å²) in [6, 6.07) is 2.22. The smallest absolute Gasteiger partial charge is 0.102 e. The number of allylic oxidation sites excluding steroid dienone is 1. The summed E-state index contributed by atoms with van der Waals surface area (Å²) < 4.78 is 7.36. The van der Waals surface area contributed by atoms with E-state index in [2.05, 4.69) is 11.0 Å². The number of hydrogen-bond acceptors (Lipinski definition) is 4. The average molecular weight is 275 g/mol. The van der Waals surface area contributed by atoms with E-state index in [0.717, 1.165) is 49.8 Å². The molecule has 108 valence electrons. The Hall–Kier alpha value is -1.61. The van der Waals surface area contributed by atoms with Crippen LogP contribution < -0.4 is 0 Å². The van der Waals surface area contributed by atoms with Gasteiger partial charge in [0.05, 0.1) is 31.1 Å². The Morgan fingerprint density at radius 1 is 1.40 bits per heavy atom. The predicted molar refractivity (Wildman–Crippen MR) is 76.9 cm³/mol. The fourth-order valence-electron chi connectivity index (χ4n) is 2.64. The lowest BCUT2D eigenvalue weighted by Crippen LogP contribution is -2.36. The van der Waals surface area contributed by atoms with Crippen molar-refractivity contribution >= 4 is 6.08 Å². The van der Waals surface area contributed by atoms with Crippen LogP contribution in [-0.4, -0.2) is 40.9 Å². The van der Waals surface area contributed by atoms with Crippen molar-refractivity contribution in [3.05, 3.63) is 28.6 Å². The van der Waals surface area contributed by atoms with Crippen LogP contribution in [0.1, 0.15) is 29.4 Å². The van der Waals surface area contributed by atoms with E-state index in [-0.39, 0.29) is 6.61 Å². The number of aliphatic hydroxyl groups is 1. The van der Waals surface area contributed by atoms with Crippen LogP contribution in [0.2, 0.25) is 0 Å². The van der Waals surface area contributed by atoms with Gasteiger partial charge in [-0.3, -0.25) is 4.90 Å². The van der Waals surface area contributed by atoms with Crippen LogP contribution in [0, 0.1) is 11.3 Å². The van der Waals surface area contributed by atoms with Crippen LogP contribution in [0.25, 0.3) is 6.08 Å².